The van der Waals surface area contributed by atoms with E-state index >= 15 is 0 Å². The molecular weight excluding hydrogens is 560 g/mol. The predicted molar refractivity (Wildman–Crippen MR) is 162 cm³/mol. The normalized spacial score (nSPS) is 29.6. The second-order valence-electron chi connectivity index (χ2n) is 12.6. The van der Waals surface area contributed by atoms with Gasteiger partial charge in [-0.2, -0.15) is 0 Å². The molecule has 3 aliphatic heterocycles. The minimum atomic E-state index is -0.816. The van der Waals surface area contributed by atoms with Crippen molar-refractivity contribution in [1.29, 1.82) is 0 Å². The summed E-state index contributed by atoms with van der Waals surface area (Å²) in [6, 6.07) is 4.20. The molecule has 1 aromatic carbocycles. The molecule has 3 unspecified atom stereocenters. The smallest absolute Gasteiger partial charge is 0.254 e. The van der Waals surface area contributed by atoms with Crippen molar-refractivity contribution in [3.63, 3.8) is 0 Å². The van der Waals surface area contributed by atoms with Crippen LogP contribution < -0.4 is 20.3 Å². The van der Waals surface area contributed by atoms with Crippen molar-refractivity contribution in [2.45, 2.75) is 69.7 Å². The average Bonchev–Trinajstić information content (AvgIpc) is 3.61. The number of rotatable bonds is 6. The molecule has 10 heteroatoms. The zero-order valence-electron chi connectivity index (χ0n) is 24.6. The number of pyridine rings is 1. The van der Waals surface area contributed by atoms with Gasteiger partial charge in [-0.1, -0.05) is 11.6 Å². The van der Waals surface area contributed by atoms with E-state index in [1.165, 1.54) is 37.9 Å². The molecule has 0 bridgehead atoms. The Kier molecular flexibility index (Phi) is 7.85. The van der Waals surface area contributed by atoms with E-state index in [0.717, 1.165) is 48.1 Å². The Hall–Kier alpha value is -2.20. The molecule has 2 aromatic rings. The minimum absolute atomic E-state index is 0.117. The Morgan fingerprint density at radius 3 is 2.41 bits per heavy atom. The molecule has 3 fully saturated rings. The van der Waals surface area contributed by atoms with Crippen molar-refractivity contribution >= 4 is 29.3 Å². The molecule has 1 aromatic heterocycles. The number of likely N-dealkylation sites (tertiary alicyclic amines) is 2. The summed E-state index contributed by atoms with van der Waals surface area (Å²) in [5.41, 5.74) is 2.24. The second-order valence-corrected chi connectivity index (χ2v) is 13.9. The quantitative estimate of drug-likeness (QED) is 0.459. The maximum absolute atomic E-state index is 13.3. The first-order valence-electron chi connectivity index (χ1n) is 14.7. The molecule has 1 amide bonds. The van der Waals surface area contributed by atoms with Crippen molar-refractivity contribution in [2.24, 2.45) is 17.8 Å². The Morgan fingerprint density at radius 1 is 1.10 bits per heavy atom. The fourth-order valence-electron chi connectivity index (χ4n) is 7.58. The molecule has 1 saturated carbocycles. The van der Waals surface area contributed by atoms with E-state index in [4.69, 9.17) is 21.1 Å². The summed E-state index contributed by atoms with van der Waals surface area (Å²) in [4.78, 5) is 34.7. The van der Waals surface area contributed by atoms with E-state index in [2.05, 4.69) is 27.1 Å². The number of hydrogen-bond donors (Lipinski definition) is 2. The van der Waals surface area contributed by atoms with Gasteiger partial charge in [0.2, 0.25) is 0 Å². The van der Waals surface area contributed by atoms with Crippen LogP contribution in [0.4, 0.5) is 0 Å². The molecule has 3 atom stereocenters. The van der Waals surface area contributed by atoms with Gasteiger partial charge in [0.05, 0.1) is 5.02 Å². The Labute approximate surface area is 251 Å². The number of amides is 1. The number of fused-ring (bicyclic) bond motifs is 2. The number of nitrogens with one attached hydrogen (secondary N) is 2. The summed E-state index contributed by atoms with van der Waals surface area (Å²) >= 11 is 8.16. The lowest BCUT2D eigenvalue weighted by Gasteiger charge is -2.40. The second kappa shape index (κ2) is 11.1. The number of carbonyl (C=O) groups excluding carboxylic acids is 1. The largest absolute Gasteiger partial charge is 0.448 e. The van der Waals surface area contributed by atoms with E-state index in [-0.39, 0.29) is 23.9 Å². The number of carbonyl (C=O) groups is 1. The van der Waals surface area contributed by atoms with Gasteiger partial charge in [0.15, 0.2) is 11.5 Å². The van der Waals surface area contributed by atoms with Gasteiger partial charge in [0.1, 0.15) is 0 Å². The lowest BCUT2D eigenvalue weighted by atomic mass is 9.81. The first-order valence-corrected chi connectivity index (χ1v) is 16.3. The molecule has 8 nitrogen and oxygen atoms in total. The summed E-state index contributed by atoms with van der Waals surface area (Å²) in [5.74, 6) is 1.83. The van der Waals surface area contributed by atoms with E-state index < -0.39 is 5.79 Å². The van der Waals surface area contributed by atoms with Gasteiger partial charge >= 0.3 is 0 Å². The van der Waals surface area contributed by atoms with Crippen LogP contribution in [0.1, 0.15) is 59.8 Å². The average molecular weight is 601 g/mol. The van der Waals surface area contributed by atoms with Gasteiger partial charge in [-0.05, 0) is 76.8 Å². The Balaban J connectivity index is 1.11. The highest BCUT2D eigenvalue weighted by molar-refractivity contribution is 7.98. The number of aromatic nitrogens is 1. The molecule has 4 heterocycles. The number of nitrogens with zero attached hydrogens (tertiary/aromatic N) is 2. The number of benzene rings is 1. The Morgan fingerprint density at radius 2 is 1.76 bits per heavy atom. The van der Waals surface area contributed by atoms with Crippen LogP contribution in [0.25, 0.3) is 0 Å². The first kappa shape index (κ1) is 28.9. The fourth-order valence-corrected chi connectivity index (χ4v) is 8.51. The van der Waals surface area contributed by atoms with Gasteiger partial charge in [-0.3, -0.25) is 14.5 Å². The molecule has 2 N–H and O–H groups in total. The highest BCUT2D eigenvalue weighted by atomic mass is 35.5. The van der Waals surface area contributed by atoms with Crippen molar-refractivity contribution < 1.29 is 14.3 Å². The molecule has 4 aliphatic rings. The molecule has 1 aliphatic carbocycles. The number of hydrogen-bond acceptors (Lipinski definition) is 7. The third kappa shape index (κ3) is 5.39. The lowest BCUT2D eigenvalue weighted by Crippen LogP contribution is -2.47. The van der Waals surface area contributed by atoms with E-state index in [9.17, 15) is 9.59 Å². The molecule has 2 saturated heterocycles. The minimum Gasteiger partial charge on any atom is -0.448 e. The lowest BCUT2D eigenvalue weighted by molar-refractivity contribution is -0.124. The van der Waals surface area contributed by atoms with Gasteiger partial charge in [-0.15, -0.1) is 11.8 Å². The topological polar surface area (TPSA) is 86.9 Å². The SMILES string of the molecule is CSc1cc(C)[nH]c(=O)c1CNC(=O)c1cc(Cl)c2c(c1C)OC(C)([C@H]1CC[C@H](N3CC4CN(C)CC4C3)CC1)O2. The van der Waals surface area contributed by atoms with Crippen LogP contribution in [-0.2, 0) is 6.54 Å². The number of thioether (sulfide) groups is 1. The summed E-state index contributed by atoms with van der Waals surface area (Å²) in [7, 11) is 2.24. The Bertz CT molecular complexity index is 1390. The number of ether oxygens (including phenoxy) is 2. The van der Waals surface area contributed by atoms with Crippen LogP contribution >= 0.6 is 23.4 Å². The molecule has 41 heavy (non-hydrogen) atoms. The molecule has 6 rings (SSSR count). The molecule has 222 valence electrons. The van der Waals surface area contributed by atoms with E-state index in [1.807, 2.05) is 33.1 Å². The monoisotopic (exact) mass is 600 g/mol. The van der Waals surface area contributed by atoms with Crippen LogP contribution in [0.2, 0.25) is 5.02 Å². The fraction of sp³-hybridized carbons (Fsp3) is 0.613. The zero-order chi connectivity index (χ0) is 29.1. The third-order valence-electron chi connectivity index (χ3n) is 9.82. The predicted octanol–water partition coefficient (Wildman–Crippen LogP) is 4.84. The summed E-state index contributed by atoms with van der Waals surface area (Å²) in [5, 5.41) is 3.27. The van der Waals surface area contributed by atoms with Crippen molar-refractivity contribution in [2.75, 3.05) is 39.5 Å². The van der Waals surface area contributed by atoms with Gasteiger partial charge in [-0.25, -0.2) is 0 Å². The van der Waals surface area contributed by atoms with E-state index in [1.54, 1.807) is 6.07 Å². The van der Waals surface area contributed by atoms with Crippen molar-refractivity contribution in [3.8, 4) is 11.5 Å². The van der Waals surface area contributed by atoms with Gasteiger partial charge in [0, 0.05) is 78.9 Å². The van der Waals surface area contributed by atoms with Crippen LogP contribution in [0.3, 0.4) is 0 Å². The molecule has 0 radical (unpaired) electrons. The number of aromatic amines is 1. The highest BCUT2D eigenvalue weighted by Gasteiger charge is 2.49. The van der Waals surface area contributed by atoms with Crippen LogP contribution in [0, 0.1) is 31.6 Å². The van der Waals surface area contributed by atoms with Crippen LogP contribution in [0.5, 0.6) is 11.5 Å². The third-order valence-corrected chi connectivity index (χ3v) is 10.9. The van der Waals surface area contributed by atoms with Crippen LogP contribution in [0.15, 0.2) is 21.8 Å². The first-order chi connectivity index (χ1) is 19.6. The molecule has 0 spiro atoms. The zero-order valence-corrected chi connectivity index (χ0v) is 26.2. The van der Waals surface area contributed by atoms with E-state index in [0.29, 0.717) is 39.3 Å². The number of aryl methyl sites for hydroxylation is 1. The van der Waals surface area contributed by atoms with Gasteiger partial charge < -0.3 is 24.7 Å². The summed E-state index contributed by atoms with van der Waals surface area (Å²) < 4.78 is 13.0. The highest BCUT2D eigenvalue weighted by Crippen LogP contribution is 2.52. The van der Waals surface area contributed by atoms with Crippen molar-refractivity contribution in [1.82, 2.24) is 20.1 Å². The maximum Gasteiger partial charge on any atom is 0.254 e. The maximum atomic E-state index is 13.3. The van der Waals surface area contributed by atoms with Crippen LogP contribution in [-0.4, -0.2) is 72.0 Å². The van der Waals surface area contributed by atoms with Crippen molar-refractivity contribution in [3.05, 3.63) is 49.9 Å². The number of halogens is 1. The summed E-state index contributed by atoms with van der Waals surface area (Å²) in [6.07, 6.45) is 6.28. The standard InChI is InChI=1S/C31H41ClN4O4S/c1-17-10-26(41-5)24(30(38)34-17)12-33-29(37)23-11-25(32)28-27(18(23)2)39-31(3,40-28)21-6-8-22(9-7-21)36-15-19-13-35(4)14-20(19)16-36/h10-11,19-22H,6-9,12-16H2,1-5H3,(H,33,37)(H,34,38)/t19?,20?,21-,22-,31?. The van der Waals surface area contributed by atoms with Gasteiger partial charge in [0.25, 0.3) is 17.3 Å². The number of H-pyrrole nitrogens is 1. The molecular formula is C31H41ClN4O4S. The summed E-state index contributed by atoms with van der Waals surface area (Å²) in [6.45, 7) is 10.8.